The molecule has 0 bridgehead atoms. The number of ether oxygens (including phenoxy) is 1. The minimum Gasteiger partial charge on any atom is -0.497 e. The van der Waals surface area contributed by atoms with Crippen molar-refractivity contribution in [2.45, 2.75) is 26.2 Å². The van der Waals surface area contributed by atoms with Gasteiger partial charge in [-0.15, -0.1) is 10.2 Å². The summed E-state index contributed by atoms with van der Waals surface area (Å²) in [6.45, 7) is 4.09. The van der Waals surface area contributed by atoms with Crippen LogP contribution < -0.4 is 20.3 Å². The summed E-state index contributed by atoms with van der Waals surface area (Å²) < 4.78 is 5.18. The molecule has 0 saturated carbocycles. The van der Waals surface area contributed by atoms with Crippen molar-refractivity contribution in [2.75, 3.05) is 29.2 Å². The molecule has 34 heavy (non-hydrogen) atoms. The summed E-state index contributed by atoms with van der Waals surface area (Å²) in [7, 11) is 1.60. The van der Waals surface area contributed by atoms with E-state index in [2.05, 4.69) is 20.8 Å². The van der Waals surface area contributed by atoms with Gasteiger partial charge in [0.1, 0.15) is 10.8 Å². The van der Waals surface area contributed by atoms with E-state index >= 15 is 0 Å². The molecule has 1 atom stereocenters. The highest BCUT2D eigenvalue weighted by Crippen LogP contribution is 2.34. The van der Waals surface area contributed by atoms with Crippen molar-refractivity contribution in [1.29, 1.82) is 0 Å². The summed E-state index contributed by atoms with van der Waals surface area (Å²) in [4.78, 5) is 38.9. The maximum atomic E-state index is 12.7. The van der Waals surface area contributed by atoms with E-state index < -0.39 is 0 Å². The first-order valence-corrected chi connectivity index (χ1v) is 11.7. The van der Waals surface area contributed by atoms with Crippen LogP contribution in [0.3, 0.4) is 0 Å². The first-order valence-electron chi connectivity index (χ1n) is 10.8. The molecule has 1 unspecified atom stereocenters. The molecule has 2 aromatic carbocycles. The van der Waals surface area contributed by atoms with Crippen LogP contribution >= 0.6 is 11.3 Å². The third-order valence-corrected chi connectivity index (χ3v) is 6.44. The monoisotopic (exact) mass is 479 g/mol. The molecular weight excluding hydrogens is 454 g/mol. The lowest BCUT2D eigenvalue weighted by molar-refractivity contribution is -0.119. The molecule has 1 aliphatic heterocycles. The van der Waals surface area contributed by atoms with E-state index in [4.69, 9.17) is 4.74 Å². The number of hydrogen-bond acceptors (Lipinski definition) is 7. The smallest absolute Gasteiger partial charge is 0.257 e. The Labute approximate surface area is 201 Å². The summed E-state index contributed by atoms with van der Waals surface area (Å²) in [5.74, 6) is -0.0138. The van der Waals surface area contributed by atoms with E-state index in [1.165, 1.54) is 11.3 Å². The number of benzene rings is 2. The zero-order chi connectivity index (χ0) is 24.2. The quantitative estimate of drug-likeness (QED) is 0.531. The average molecular weight is 480 g/mol. The normalized spacial score (nSPS) is 15.5. The Balaban J connectivity index is 1.40. The average Bonchev–Trinajstić information content (AvgIpc) is 3.45. The third kappa shape index (κ3) is 5.23. The topological polar surface area (TPSA) is 114 Å². The molecule has 1 saturated heterocycles. The summed E-state index contributed by atoms with van der Waals surface area (Å²) in [5, 5.41) is 14.9. The van der Waals surface area contributed by atoms with Gasteiger partial charge in [0, 0.05) is 41.7 Å². The zero-order valence-corrected chi connectivity index (χ0v) is 19.9. The van der Waals surface area contributed by atoms with Gasteiger partial charge in [-0.3, -0.25) is 19.7 Å². The van der Waals surface area contributed by atoms with Gasteiger partial charge in [0.25, 0.3) is 5.91 Å². The largest absolute Gasteiger partial charge is 0.497 e. The number of rotatable bonds is 7. The summed E-state index contributed by atoms with van der Waals surface area (Å²) in [6, 6.07) is 14.0. The molecule has 1 aromatic heterocycles. The van der Waals surface area contributed by atoms with Crippen LogP contribution in [0.5, 0.6) is 5.75 Å². The Morgan fingerprint density at radius 3 is 2.59 bits per heavy atom. The lowest BCUT2D eigenvalue weighted by Gasteiger charge is -2.16. The number of nitrogens with zero attached hydrogens (tertiary/aromatic N) is 3. The number of amides is 3. The van der Waals surface area contributed by atoms with Crippen molar-refractivity contribution in [3.05, 3.63) is 59.1 Å². The van der Waals surface area contributed by atoms with Gasteiger partial charge in [0.15, 0.2) is 0 Å². The Kier molecular flexibility index (Phi) is 6.87. The number of hydrogen-bond donors (Lipinski definition) is 2. The molecule has 2 heterocycles. The van der Waals surface area contributed by atoms with Crippen LogP contribution in [0.15, 0.2) is 48.5 Å². The van der Waals surface area contributed by atoms with E-state index in [-0.39, 0.29) is 29.6 Å². The van der Waals surface area contributed by atoms with Gasteiger partial charge < -0.3 is 15.0 Å². The summed E-state index contributed by atoms with van der Waals surface area (Å²) >= 11 is 1.25. The molecule has 10 heteroatoms. The van der Waals surface area contributed by atoms with Crippen molar-refractivity contribution in [3.8, 4) is 5.75 Å². The zero-order valence-electron chi connectivity index (χ0n) is 19.1. The predicted molar refractivity (Wildman–Crippen MR) is 130 cm³/mol. The molecule has 3 aromatic rings. The molecule has 2 N–H and O–H groups in total. The fourth-order valence-electron chi connectivity index (χ4n) is 3.53. The van der Waals surface area contributed by atoms with Crippen LogP contribution in [0.25, 0.3) is 0 Å². The van der Waals surface area contributed by atoms with Crippen LogP contribution in [0.1, 0.15) is 41.6 Å². The van der Waals surface area contributed by atoms with Gasteiger partial charge >= 0.3 is 0 Å². The second kappa shape index (κ2) is 10.0. The molecule has 176 valence electrons. The lowest BCUT2D eigenvalue weighted by atomic mass is 10.1. The van der Waals surface area contributed by atoms with Gasteiger partial charge in [0.2, 0.25) is 16.9 Å². The number of nitrogens with one attached hydrogen (secondary N) is 2. The number of anilines is 3. The van der Waals surface area contributed by atoms with Crippen LogP contribution in [0.2, 0.25) is 0 Å². The van der Waals surface area contributed by atoms with Gasteiger partial charge in [-0.1, -0.05) is 31.3 Å². The first-order chi connectivity index (χ1) is 16.3. The molecule has 9 nitrogen and oxygen atoms in total. The molecular formula is C24H25N5O4S. The van der Waals surface area contributed by atoms with Crippen molar-refractivity contribution in [2.24, 2.45) is 5.92 Å². The van der Waals surface area contributed by atoms with Crippen LogP contribution in [0, 0.1) is 5.92 Å². The van der Waals surface area contributed by atoms with Gasteiger partial charge in [0.05, 0.1) is 7.11 Å². The van der Waals surface area contributed by atoms with Crippen molar-refractivity contribution < 1.29 is 19.1 Å². The standard InChI is InChI=1S/C24H25N5O4S/c1-14(2)21(31)25-17-6-4-5-15(11-17)22(32)26-24-28-27-23(34-24)16-12-20(30)29(13-16)18-7-9-19(33-3)10-8-18/h4-11,14,16H,12-13H2,1-3H3,(H,25,31)(H,26,28,32). The second-order valence-corrected chi connectivity index (χ2v) is 9.24. The van der Waals surface area contributed by atoms with Gasteiger partial charge in [-0.2, -0.15) is 0 Å². The molecule has 0 radical (unpaired) electrons. The van der Waals surface area contributed by atoms with Crippen LogP contribution in [-0.2, 0) is 9.59 Å². The maximum absolute atomic E-state index is 12.7. The lowest BCUT2D eigenvalue weighted by Crippen LogP contribution is -2.24. The summed E-state index contributed by atoms with van der Waals surface area (Å²) in [6.07, 6.45) is 0.326. The minimum absolute atomic E-state index is 0.0104. The molecule has 1 fully saturated rings. The number of carbonyl (C=O) groups excluding carboxylic acids is 3. The van der Waals surface area contributed by atoms with Crippen LogP contribution in [0.4, 0.5) is 16.5 Å². The van der Waals surface area contributed by atoms with E-state index in [0.717, 1.165) is 11.4 Å². The number of carbonyl (C=O) groups is 3. The molecule has 0 spiro atoms. The van der Waals surface area contributed by atoms with Crippen LogP contribution in [-0.4, -0.2) is 41.6 Å². The third-order valence-electron chi connectivity index (χ3n) is 5.44. The highest BCUT2D eigenvalue weighted by atomic mass is 32.1. The van der Waals surface area contributed by atoms with Crippen molar-refractivity contribution >= 4 is 45.6 Å². The fourth-order valence-corrected chi connectivity index (χ4v) is 4.36. The summed E-state index contributed by atoms with van der Waals surface area (Å²) in [5.41, 5.74) is 1.74. The van der Waals surface area contributed by atoms with Gasteiger partial charge in [-0.05, 0) is 42.5 Å². The molecule has 1 aliphatic rings. The van der Waals surface area contributed by atoms with E-state index in [1.54, 1.807) is 50.1 Å². The molecule has 0 aliphatic carbocycles. The minimum atomic E-state index is -0.356. The Morgan fingerprint density at radius 1 is 1.12 bits per heavy atom. The number of methoxy groups -OCH3 is 1. The highest BCUT2D eigenvalue weighted by Gasteiger charge is 2.34. The molecule has 3 amide bonds. The van der Waals surface area contributed by atoms with Gasteiger partial charge in [-0.25, -0.2) is 0 Å². The maximum Gasteiger partial charge on any atom is 0.257 e. The molecule has 4 rings (SSSR count). The predicted octanol–water partition coefficient (Wildman–Crippen LogP) is 3.91. The van der Waals surface area contributed by atoms with E-state index in [0.29, 0.717) is 34.4 Å². The van der Waals surface area contributed by atoms with Crippen molar-refractivity contribution in [1.82, 2.24) is 10.2 Å². The SMILES string of the molecule is COc1ccc(N2CC(c3nnc(NC(=O)c4cccc(NC(=O)C(C)C)c4)s3)CC2=O)cc1. The Bertz CT molecular complexity index is 1210. The highest BCUT2D eigenvalue weighted by molar-refractivity contribution is 7.15. The van der Waals surface area contributed by atoms with E-state index in [9.17, 15) is 14.4 Å². The van der Waals surface area contributed by atoms with E-state index in [1.807, 2.05) is 24.3 Å². The fraction of sp³-hybridized carbons (Fsp3) is 0.292. The Morgan fingerprint density at radius 2 is 1.88 bits per heavy atom. The Hall–Kier alpha value is -3.79. The van der Waals surface area contributed by atoms with Crippen molar-refractivity contribution in [3.63, 3.8) is 0 Å². The number of aromatic nitrogens is 2. The first kappa shape index (κ1) is 23.4. The second-order valence-electron chi connectivity index (χ2n) is 8.23.